The van der Waals surface area contributed by atoms with Crippen molar-refractivity contribution in [1.29, 1.82) is 0 Å². The van der Waals surface area contributed by atoms with Crippen LogP contribution in [0.2, 0.25) is 0 Å². The fourth-order valence-corrected chi connectivity index (χ4v) is 3.71. The molecule has 5 rings (SSSR count). The van der Waals surface area contributed by atoms with E-state index in [1.807, 2.05) is 24.5 Å². The predicted octanol–water partition coefficient (Wildman–Crippen LogP) is 2.24. The number of aromatic nitrogens is 4. The number of nitrogens with one attached hydrogen (secondary N) is 1. The molecule has 0 radical (unpaired) electrons. The minimum atomic E-state index is 0.259. The Hall–Kier alpha value is -3.06. The van der Waals surface area contributed by atoms with E-state index in [-0.39, 0.29) is 5.75 Å². The lowest BCUT2D eigenvalue weighted by atomic mass is 10.2. The van der Waals surface area contributed by atoms with Gasteiger partial charge in [-0.05, 0) is 24.3 Å². The van der Waals surface area contributed by atoms with Gasteiger partial charge in [-0.1, -0.05) is 0 Å². The van der Waals surface area contributed by atoms with E-state index in [9.17, 15) is 5.11 Å². The van der Waals surface area contributed by atoms with E-state index in [0.29, 0.717) is 0 Å². The molecule has 26 heavy (non-hydrogen) atoms. The van der Waals surface area contributed by atoms with Crippen LogP contribution >= 0.6 is 0 Å². The quantitative estimate of drug-likeness (QED) is 0.594. The topological polar surface area (TPSA) is 72.7 Å². The van der Waals surface area contributed by atoms with Crippen molar-refractivity contribution in [2.24, 2.45) is 0 Å². The number of hydrogen-bond acceptors (Lipinski definition) is 5. The van der Waals surface area contributed by atoms with Crippen LogP contribution in [0.3, 0.4) is 0 Å². The zero-order chi connectivity index (χ0) is 17.5. The fourth-order valence-electron chi connectivity index (χ4n) is 3.71. The van der Waals surface area contributed by atoms with Crippen molar-refractivity contribution < 1.29 is 5.11 Å². The molecular formula is C19H20N6O. The number of nitrogens with zero attached hydrogens (tertiary/aromatic N) is 5. The summed E-state index contributed by atoms with van der Waals surface area (Å²) in [6.45, 7) is 4.75. The molecule has 7 nitrogen and oxygen atoms in total. The molecule has 3 aromatic heterocycles. The number of anilines is 1. The molecule has 7 heteroatoms. The number of benzene rings is 1. The highest BCUT2D eigenvalue weighted by Crippen LogP contribution is 2.28. The van der Waals surface area contributed by atoms with Gasteiger partial charge in [0.05, 0.1) is 22.9 Å². The smallest absolute Gasteiger partial charge is 0.153 e. The van der Waals surface area contributed by atoms with Crippen LogP contribution in [-0.2, 0) is 6.54 Å². The molecular weight excluding hydrogens is 328 g/mol. The Bertz CT molecular complexity index is 1050. The Labute approximate surface area is 150 Å². The second kappa shape index (κ2) is 6.03. The van der Waals surface area contributed by atoms with Gasteiger partial charge in [-0.2, -0.15) is 0 Å². The van der Waals surface area contributed by atoms with E-state index in [2.05, 4.69) is 30.2 Å². The number of rotatable bonds is 3. The van der Waals surface area contributed by atoms with E-state index >= 15 is 0 Å². The lowest BCUT2D eigenvalue weighted by molar-refractivity contribution is 0.247. The highest BCUT2D eigenvalue weighted by molar-refractivity contribution is 5.86. The van der Waals surface area contributed by atoms with Crippen LogP contribution in [0.5, 0.6) is 5.75 Å². The number of H-pyrrole nitrogens is 1. The van der Waals surface area contributed by atoms with E-state index in [1.165, 1.54) is 0 Å². The molecule has 1 aromatic carbocycles. The Kier molecular flexibility index (Phi) is 3.53. The number of aromatic hydroxyl groups is 1. The third-order valence-corrected chi connectivity index (χ3v) is 5.04. The molecule has 0 amide bonds. The Morgan fingerprint density at radius 1 is 1.08 bits per heavy atom. The maximum absolute atomic E-state index is 9.82. The third-order valence-electron chi connectivity index (χ3n) is 5.04. The summed E-state index contributed by atoms with van der Waals surface area (Å²) in [7, 11) is 0. The maximum atomic E-state index is 9.82. The summed E-state index contributed by atoms with van der Waals surface area (Å²) < 4.78 is 2.11. The first-order chi connectivity index (χ1) is 12.8. The third kappa shape index (κ3) is 2.57. The van der Waals surface area contributed by atoms with Crippen molar-refractivity contribution in [2.45, 2.75) is 6.54 Å². The Morgan fingerprint density at radius 2 is 1.96 bits per heavy atom. The van der Waals surface area contributed by atoms with Crippen LogP contribution in [0.15, 0.2) is 49.1 Å². The van der Waals surface area contributed by atoms with Gasteiger partial charge in [0.2, 0.25) is 0 Å². The van der Waals surface area contributed by atoms with E-state index in [1.54, 1.807) is 18.5 Å². The fraction of sp³-hybridized carbons (Fsp3) is 0.263. The monoisotopic (exact) mass is 348 g/mol. The molecule has 4 aromatic rings. The lowest BCUT2D eigenvalue weighted by Crippen LogP contribution is -2.46. The summed E-state index contributed by atoms with van der Waals surface area (Å²) in [6.07, 6.45) is 5.64. The summed E-state index contributed by atoms with van der Waals surface area (Å²) in [4.78, 5) is 16.9. The summed E-state index contributed by atoms with van der Waals surface area (Å²) in [5.74, 6) is 1.27. The molecule has 4 heterocycles. The molecule has 132 valence electrons. The van der Waals surface area contributed by atoms with Crippen LogP contribution in [0.25, 0.3) is 16.6 Å². The summed E-state index contributed by atoms with van der Waals surface area (Å²) in [5, 5.41) is 9.82. The van der Waals surface area contributed by atoms with Gasteiger partial charge in [0.15, 0.2) is 5.82 Å². The average Bonchev–Trinajstić information content (AvgIpc) is 3.34. The first-order valence-corrected chi connectivity index (χ1v) is 8.82. The number of hydrogen-bond donors (Lipinski definition) is 2. The standard InChI is InChI=1S/C19H20N6O/c26-15-3-4-16-18(10-15)25-5-1-2-17(25)19(22-16)24-8-6-23(7-9-24)12-14-11-20-13-21-14/h1-5,10-11,13,26H,6-9,12H2,(H,20,21). The molecule has 0 aliphatic carbocycles. The van der Waals surface area contributed by atoms with Crippen molar-refractivity contribution in [1.82, 2.24) is 24.3 Å². The molecule has 0 bridgehead atoms. The number of fused-ring (bicyclic) bond motifs is 3. The van der Waals surface area contributed by atoms with E-state index in [0.717, 1.165) is 60.8 Å². The highest BCUT2D eigenvalue weighted by atomic mass is 16.3. The molecule has 0 unspecified atom stereocenters. The second-order valence-corrected chi connectivity index (χ2v) is 6.71. The number of imidazole rings is 1. The molecule has 1 saturated heterocycles. The van der Waals surface area contributed by atoms with Crippen LogP contribution < -0.4 is 4.90 Å². The predicted molar refractivity (Wildman–Crippen MR) is 100 cm³/mol. The minimum absolute atomic E-state index is 0.259. The molecule has 1 aliphatic heterocycles. The van der Waals surface area contributed by atoms with Gasteiger partial charge >= 0.3 is 0 Å². The van der Waals surface area contributed by atoms with Crippen LogP contribution in [-0.4, -0.2) is 55.5 Å². The van der Waals surface area contributed by atoms with Gasteiger partial charge in [0.25, 0.3) is 0 Å². The second-order valence-electron chi connectivity index (χ2n) is 6.71. The van der Waals surface area contributed by atoms with Gasteiger partial charge in [-0.3, -0.25) is 4.90 Å². The average molecular weight is 348 g/mol. The molecule has 1 fully saturated rings. The van der Waals surface area contributed by atoms with Gasteiger partial charge in [0.1, 0.15) is 5.75 Å². The van der Waals surface area contributed by atoms with Gasteiger partial charge in [-0.25, -0.2) is 9.97 Å². The normalized spacial score (nSPS) is 15.9. The zero-order valence-corrected chi connectivity index (χ0v) is 14.3. The van der Waals surface area contributed by atoms with Gasteiger partial charge < -0.3 is 19.4 Å². The number of aromatic amines is 1. The van der Waals surface area contributed by atoms with E-state index < -0.39 is 0 Å². The van der Waals surface area contributed by atoms with Crippen molar-refractivity contribution in [2.75, 3.05) is 31.1 Å². The molecule has 0 atom stereocenters. The van der Waals surface area contributed by atoms with Crippen molar-refractivity contribution in [3.63, 3.8) is 0 Å². The van der Waals surface area contributed by atoms with Crippen LogP contribution in [0.4, 0.5) is 5.82 Å². The summed E-state index contributed by atoms with van der Waals surface area (Å²) in [6, 6.07) is 9.45. The van der Waals surface area contributed by atoms with Crippen molar-refractivity contribution in [3.8, 4) is 5.75 Å². The lowest BCUT2D eigenvalue weighted by Gasteiger charge is -2.35. The number of piperazine rings is 1. The number of phenolic OH excluding ortho intramolecular Hbond substituents is 1. The molecule has 0 saturated carbocycles. The maximum Gasteiger partial charge on any atom is 0.153 e. The summed E-state index contributed by atoms with van der Waals surface area (Å²) >= 11 is 0. The largest absolute Gasteiger partial charge is 0.508 e. The highest BCUT2D eigenvalue weighted by Gasteiger charge is 2.21. The first kappa shape index (κ1) is 15.2. The SMILES string of the molecule is Oc1ccc2nc(N3CCN(Cc4cnc[nH]4)CC3)c3cccn3c2c1. The zero-order valence-electron chi connectivity index (χ0n) is 14.3. The molecule has 1 aliphatic rings. The van der Waals surface area contributed by atoms with Crippen LogP contribution in [0.1, 0.15) is 5.69 Å². The Morgan fingerprint density at radius 3 is 2.77 bits per heavy atom. The molecule has 2 N–H and O–H groups in total. The first-order valence-electron chi connectivity index (χ1n) is 8.82. The van der Waals surface area contributed by atoms with Crippen molar-refractivity contribution in [3.05, 3.63) is 54.7 Å². The minimum Gasteiger partial charge on any atom is -0.508 e. The van der Waals surface area contributed by atoms with Crippen LogP contribution in [0, 0.1) is 0 Å². The van der Waals surface area contributed by atoms with Gasteiger partial charge in [0, 0.05) is 56.9 Å². The van der Waals surface area contributed by atoms with Crippen molar-refractivity contribution >= 4 is 22.4 Å². The summed E-state index contributed by atoms with van der Waals surface area (Å²) in [5.41, 5.74) is 4.04. The Balaban J connectivity index is 1.44. The van der Waals surface area contributed by atoms with E-state index in [4.69, 9.17) is 4.98 Å². The number of phenols is 1. The van der Waals surface area contributed by atoms with Gasteiger partial charge in [-0.15, -0.1) is 0 Å². The molecule has 0 spiro atoms.